The molecule has 1 aliphatic carbocycles. The van der Waals surface area contributed by atoms with Gasteiger partial charge in [-0.3, -0.25) is 9.79 Å². The van der Waals surface area contributed by atoms with Crippen molar-refractivity contribution in [2.24, 2.45) is 10.9 Å². The summed E-state index contributed by atoms with van der Waals surface area (Å²) >= 11 is 0. The molecule has 2 N–H and O–H groups in total. The van der Waals surface area contributed by atoms with E-state index in [9.17, 15) is 4.79 Å². The van der Waals surface area contributed by atoms with E-state index in [2.05, 4.69) is 28.6 Å². The summed E-state index contributed by atoms with van der Waals surface area (Å²) in [7, 11) is 5.38. The highest BCUT2D eigenvalue weighted by atomic mass is 127. The molecule has 6 heteroatoms. The lowest BCUT2D eigenvalue weighted by molar-refractivity contribution is 0.0827. The highest BCUT2D eigenvalue weighted by Gasteiger charge is 2.20. The zero-order chi connectivity index (χ0) is 18.9. The Morgan fingerprint density at radius 3 is 2.52 bits per heavy atom. The van der Waals surface area contributed by atoms with Crippen LogP contribution in [0.15, 0.2) is 29.3 Å². The van der Waals surface area contributed by atoms with Crippen molar-refractivity contribution >= 4 is 35.8 Å². The molecule has 1 aromatic rings. The second-order valence-corrected chi connectivity index (χ2v) is 7.42. The molecular weight excluding hydrogens is 451 g/mol. The third-order valence-electron chi connectivity index (χ3n) is 5.27. The summed E-state index contributed by atoms with van der Waals surface area (Å²) in [5.41, 5.74) is 1.90. The molecule has 1 saturated carbocycles. The molecule has 0 atom stereocenters. The fourth-order valence-corrected chi connectivity index (χ4v) is 3.55. The largest absolute Gasteiger partial charge is 0.356 e. The first-order chi connectivity index (χ1) is 12.5. The summed E-state index contributed by atoms with van der Waals surface area (Å²) in [4.78, 5) is 18.0. The zero-order valence-corrected chi connectivity index (χ0v) is 19.5. The van der Waals surface area contributed by atoms with Crippen LogP contribution in [0.5, 0.6) is 0 Å². The fraction of sp³-hybridized carbons (Fsp3) is 0.619. The molecule has 2 rings (SSSR count). The standard InChI is InChI=1S/C21H34N4O.HI/c1-5-16-9-11-19(12-10-16)24-21(22-2)23-14-13-17-7-6-8-18(15-17)20(26)25(3)4;/h6-8,15-16,19H,5,9-14H2,1-4H3,(H2,22,23,24);1H. The van der Waals surface area contributed by atoms with E-state index in [4.69, 9.17) is 0 Å². The number of aliphatic imine (C=N–C) groups is 1. The van der Waals surface area contributed by atoms with E-state index in [-0.39, 0.29) is 29.9 Å². The van der Waals surface area contributed by atoms with Crippen LogP contribution in [0.2, 0.25) is 0 Å². The summed E-state index contributed by atoms with van der Waals surface area (Å²) in [5.74, 6) is 1.82. The zero-order valence-electron chi connectivity index (χ0n) is 17.1. The maximum atomic E-state index is 12.1. The molecule has 0 aliphatic heterocycles. The van der Waals surface area contributed by atoms with Gasteiger partial charge in [0.25, 0.3) is 5.91 Å². The van der Waals surface area contributed by atoms with Crippen LogP contribution in [-0.2, 0) is 6.42 Å². The molecule has 0 bridgehead atoms. The third kappa shape index (κ3) is 7.68. The van der Waals surface area contributed by atoms with Crippen molar-refractivity contribution in [3.63, 3.8) is 0 Å². The predicted molar refractivity (Wildman–Crippen MR) is 124 cm³/mol. The number of nitrogens with zero attached hydrogens (tertiary/aromatic N) is 2. The van der Waals surface area contributed by atoms with Crippen molar-refractivity contribution in [1.82, 2.24) is 15.5 Å². The van der Waals surface area contributed by atoms with E-state index >= 15 is 0 Å². The molecule has 1 amide bonds. The Balaban J connectivity index is 0.00000364. The van der Waals surface area contributed by atoms with Crippen LogP contribution in [0.1, 0.15) is 54.9 Å². The van der Waals surface area contributed by atoms with Crippen molar-refractivity contribution < 1.29 is 4.79 Å². The summed E-state index contributed by atoms with van der Waals surface area (Å²) < 4.78 is 0. The van der Waals surface area contributed by atoms with Crippen LogP contribution in [0.25, 0.3) is 0 Å². The van der Waals surface area contributed by atoms with Crippen molar-refractivity contribution in [2.75, 3.05) is 27.7 Å². The van der Waals surface area contributed by atoms with Crippen molar-refractivity contribution in [3.05, 3.63) is 35.4 Å². The van der Waals surface area contributed by atoms with Gasteiger partial charge in [-0.1, -0.05) is 25.5 Å². The molecule has 0 saturated heterocycles. The average Bonchev–Trinajstić information content (AvgIpc) is 2.67. The second-order valence-electron chi connectivity index (χ2n) is 7.42. The van der Waals surface area contributed by atoms with E-state index in [1.54, 1.807) is 19.0 Å². The molecule has 152 valence electrons. The highest BCUT2D eigenvalue weighted by molar-refractivity contribution is 14.0. The Kier molecular flexibility index (Phi) is 10.7. The van der Waals surface area contributed by atoms with Crippen LogP contribution < -0.4 is 10.6 Å². The van der Waals surface area contributed by atoms with Crippen molar-refractivity contribution in [2.45, 2.75) is 51.5 Å². The van der Waals surface area contributed by atoms with E-state index in [0.717, 1.165) is 36.0 Å². The van der Waals surface area contributed by atoms with Gasteiger partial charge >= 0.3 is 0 Å². The minimum Gasteiger partial charge on any atom is -0.356 e. The lowest BCUT2D eigenvalue weighted by Crippen LogP contribution is -2.45. The number of carbonyl (C=O) groups is 1. The summed E-state index contributed by atoms with van der Waals surface area (Å²) in [6.45, 7) is 3.09. The summed E-state index contributed by atoms with van der Waals surface area (Å²) in [6.07, 6.45) is 7.25. The Bertz CT molecular complexity index is 610. The number of rotatable bonds is 6. The Hall–Kier alpha value is -1.31. The number of hydrogen-bond donors (Lipinski definition) is 2. The molecule has 1 aromatic carbocycles. The molecule has 0 unspecified atom stereocenters. The summed E-state index contributed by atoms with van der Waals surface area (Å²) in [6, 6.07) is 8.39. The number of hydrogen-bond acceptors (Lipinski definition) is 2. The number of benzene rings is 1. The number of halogens is 1. The first-order valence-corrected chi connectivity index (χ1v) is 9.81. The van der Waals surface area contributed by atoms with Gasteiger partial charge < -0.3 is 15.5 Å². The topological polar surface area (TPSA) is 56.7 Å². The van der Waals surface area contributed by atoms with Gasteiger partial charge in [-0.2, -0.15) is 0 Å². The van der Waals surface area contributed by atoms with E-state index in [0.29, 0.717) is 6.04 Å². The average molecular weight is 486 g/mol. The van der Waals surface area contributed by atoms with E-state index in [1.807, 2.05) is 25.2 Å². The normalized spacial score (nSPS) is 19.8. The molecule has 1 fully saturated rings. The molecule has 0 heterocycles. The van der Waals surface area contributed by atoms with Crippen LogP contribution in [0.3, 0.4) is 0 Å². The molecule has 0 aromatic heterocycles. The minimum atomic E-state index is 0. The quantitative estimate of drug-likeness (QED) is 0.367. The Labute approximate surface area is 181 Å². The lowest BCUT2D eigenvalue weighted by Gasteiger charge is -2.29. The SMILES string of the molecule is CCC1CCC(NC(=NC)NCCc2cccc(C(=O)N(C)C)c2)CC1.I. The number of carbonyl (C=O) groups excluding carboxylic acids is 1. The second kappa shape index (κ2) is 12.2. The fourth-order valence-electron chi connectivity index (χ4n) is 3.55. The molecule has 1 aliphatic rings. The Morgan fingerprint density at radius 1 is 1.22 bits per heavy atom. The van der Waals surface area contributed by atoms with Crippen LogP contribution >= 0.6 is 24.0 Å². The maximum absolute atomic E-state index is 12.1. The first kappa shape index (κ1) is 23.7. The van der Waals surface area contributed by atoms with Gasteiger partial charge in [-0.25, -0.2) is 0 Å². The maximum Gasteiger partial charge on any atom is 0.253 e. The van der Waals surface area contributed by atoms with Crippen LogP contribution in [0.4, 0.5) is 0 Å². The van der Waals surface area contributed by atoms with Gasteiger partial charge in [-0.05, 0) is 55.7 Å². The number of amides is 1. The van der Waals surface area contributed by atoms with Crippen LogP contribution in [-0.4, -0.2) is 50.5 Å². The lowest BCUT2D eigenvalue weighted by atomic mass is 9.84. The van der Waals surface area contributed by atoms with Gasteiger partial charge in [0.15, 0.2) is 5.96 Å². The van der Waals surface area contributed by atoms with Gasteiger partial charge in [0.05, 0.1) is 0 Å². The monoisotopic (exact) mass is 486 g/mol. The highest BCUT2D eigenvalue weighted by Crippen LogP contribution is 2.26. The molecule has 5 nitrogen and oxygen atoms in total. The molecular formula is C21H35IN4O. The predicted octanol–water partition coefficient (Wildman–Crippen LogP) is 3.68. The van der Waals surface area contributed by atoms with Crippen LogP contribution in [0, 0.1) is 5.92 Å². The van der Waals surface area contributed by atoms with Crippen molar-refractivity contribution in [3.8, 4) is 0 Å². The molecule has 0 radical (unpaired) electrons. The van der Waals surface area contributed by atoms with Gasteiger partial charge in [0.1, 0.15) is 0 Å². The third-order valence-corrected chi connectivity index (χ3v) is 5.27. The molecule has 27 heavy (non-hydrogen) atoms. The summed E-state index contributed by atoms with van der Waals surface area (Å²) in [5, 5.41) is 6.96. The van der Waals surface area contributed by atoms with Crippen molar-refractivity contribution in [1.29, 1.82) is 0 Å². The van der Waals surface area contributed by atoms with Gasteiger partial charge in [-0.15, -0.1) is 24.0 Å². The minimum absolute atomic E-state index is 0. The number of guanidine groups is 1. The number of nitrogens with one attached hydrogen (secondary N) is 2. The first-order valence-electron chi connectivity index (χ1n) is 9.81. The van der Waals surface area contributed by atoms with E-state index < -0.39 is 0 Å². The van der Waals surface area contributed by atoms with Gasteiger partial charge in [0, 0.05) is 39.3 Å². The Morgan fingerprint density at radius 2 is 1.93 bits per heavy atom. The van der Waals surface area contributed by atoms with E-state index in [1.165, 1.54) is 32.1 Å². The molecule has 0 spiro atoms. The van der Waals surface area contributed by atoms with Gasteiger partial charge in [0.2, 0.25) is 0 Å². The smallest absolute Gasteiger partial charge is 0.253 e.